The van der Waals surface area contributed by atoms with Crippen molar-refractivity contribution in [3.63, 3.8) is 0 Å². The molecule has 0 saturated carbocycles. The van der Waals surface area contributed by atoms with Crippen molar-refractivity contribution < 1.29 is 14.7 Å². The number of carbonyl (C=O) groups excluding carboxylic acids is 1. The third-order valence-corrected chi connectivity index (χ3v) is 6.78. The Morgan fingerprint density at radius 1 is 1.14 bits per heavy atom. The van der Waals surface area contributed by atoms with Crippen LogP contribution in [0, 0.1) is 12.3 Å². The van der Waals surface area contributed by atoms with Gasteiger partial charge in [0.1, 0.15) is 5.82 Å². The molecule has 3 N–H and O–H groups in total. The number of carboxylic acids is 1. The minimum atomic E-state index is -0.720. The molecule has 0 bridgehead atoms. The molecule has 198 valence electrons. The average Bonchev–Trinajstić information content (AvgIpc) is 3.48. The van der Waals surface area contributed by atoms with Gasteiger partial charge in [-0.15, -0.1) is 5.10 Å². The average molecular weight is 507 g/mol. The highest BCUT2D eigenvalue weighted by molar-refractivity contribution is 5.95. The fraction of sp³-hybridized carbons (Fsp3) is 0.500. The molecule has 1 aromatic carbocycles. The fourth-order valence-corrected chi connectivity index (χ4v) is 4.42. The van der Waals surface area contributed by atoms with E-state index in [9.17, 15) is 9.59 Å². The van der Waals surface area contributed by atoms with Crippen LogP contribution in [0.25, 0.3) is 16.9 Å². The summed E-state index contributed by atoms with van der Waals surface area (Å²) in [5.41, 5.74) is 3.83. The molecule has 0 spiro atoms. The van der Waals surface area contributed by atoms with Gasteiger partial charge in [-0.2, -0.15) is 0 Å². The van der Waals surface area contributed by atoms with Crippen molar-refractivity contribution >= 4 is 29.0 Å². The number of anilines is 2. The summed E-state index contributed by atoms with van der Waals surface area (Å²) >= 11 is 0. The highest BCUT2D eigenvalue weighted by Crippen LogP contribution is 2.27. The number of imidazole rings is 1. The van der Waals surface area contributed by atoms with Crippen molar-refractivity contribution in [2.75, 3.05) is 29.9 Å². The van der Waals surface area contributed by atoms with Gasteiger partial charge in [-0.05, 0) is 56.5 Å². The molecule has 1 unspecified atom stereocenters. The minimum Gasteiger partial charge on any atom is -0.481 e. The third-order valence-electron chi connectivity index (χ3n) is 6.78. The lowest BCUT2D eigenvalue weighted by molar-refractivity contribution is -0.137. The number of carboxylic acid groups (broad SMARTS) is 1. The molecule has 1 aliphatic heterocycles. The number of hydrogen-bond donors (Lipinski definition) is 3. The van der Waals surface area contributed by atoms with E-state index < -0.39 is 11.4 Å². The van der Waals surface area contributed by atoms with E-state index in [1.807, 2.05) is 68.7 Å². The monoisotopic (exact) mass is 506 g/mol. The van der Waals surface area contributed by atoms with Crippen molar-refractivity contribution in [2.24, 2.45) is 5.41 Å². The van der Waals surface area contributed by atoms with Crippen molar-refractivity contribution in [2.45, 2.75) is 65.8 Å². The zero-order valence-electron chi connectivity index (χ0n) is 22.3. The van der Waals surface area contributed by atoms with Gasteiger partial charge in [-0.3, -0.25) is 9.59 Å². The summed E-state index contributed by atoms with van der Waals surface area (Å²) in [6, 6.07) is 10.4. The number of hydrogen-bond acceptors (Lipinski definition) is 6. The molecule has 0 radical (unpaired) electrons. The van der Waals surface area contributed by atoms with Gasteiger partial charge in [0, 0.05) is 42.2 Å². The largest absolute Gasteiger partial charge is 0.481 e. The van der Waals surface area contributed by atoms with Crippen LogP contribution in [-0.2, 0) is 9.59 Å². The number of aromatic nitrogens is 3. The molecule has 3 aromatic rings. The first kappa shape index (κ1) is 26.6. The Balaban J connectivity index is 1.39. The molecule has 37 heavy (non-hydrogen) atoms. The number of fused-ring (bicyclic) bond motifs is 1. The Kier molecular flexibility index (Phi) is 8.12. The van der Waals surface area contributed by atoms with Crippen LogP contribution in [0.1, 0.15) is 58.4 Å². The number of benzene rings is 1. The number of amides is 1. The maximum absolute atomic E-state index is 12.5. The first-order valence-electron chi connectivity index (χ1n) is 13.1. The topological polar surface area (TPSA) is 112 Å². The second-order valence-electron chi connectivity index (χ2n) is 10.9. The molecular weight excluding hydrogens is 468 g/mol. The van der Waals surface area contributed by atoms with E-state index in [0.717, 1.165) is 79.3 Å². The maximum Gasteiger partial charge on any atom is 0.303 e. The number of aliphatic carboxylic acids is 1. The van der Waals surface area contributed by atoms with Crippen LogP contribution in [0.3, 0.4) is 0 Å². The van der Waals surface area contributed by atoms with Gasteiger partial charge in [0.15, 0.2) is 5.65 Å². The SMILES string of the molecule is Cc1ccc(-c2cn3nc(N4CCC(NCCCCCC(=O)O)C4)ccc3n2)cc1NC(=O)C(C)(C)C. The molecule has 2 aromatic heterocycles. The van der Waals surface area contributed by atoms with E-state index >= 15 is 0 Å². The molecular formula is C28H38N6O3. The van der Waals surface area contributed by atoms with Crippen molar-refractivity contribution in [3.05, 3.63) is 42.1 Å². The van der Waals surface area contributed by atoms with Crippen LogP contribution in [-0.4, -0.2) is 57.3 Å². The summed E-state index contributed by atoms with van der Waals surface area (Å²) in [5, 5.41) is 20.2. The van der Waals surface area contributed by atoms with Crippen molar-refractivity contribution in [3.8, 4) is 11.3 Å². The van der Waals surface area contributed by atoms with Crippen molar-refractivity contribution in [1.82, 2.24) is 19.9 Å². The van der Waals surface area contributed by atoms with Crippen LogP contribution >= 0.6 is 0 Å². The van der Waals surface area contributed by atoms with Gasteiger partial charge in [-0.25, -0.2) is 9.50 Å². The summed E-state index contributed by atoms with van der Waals surface area (Å²) in [6.07, 6.45) is 5.90. The summed E-state index contributed by atoms with van der Waals surface area (Å²) < 4.78 is 1.82. The first-order chi connectivity index (χ1) is 17.6. The maximum atomic E-state index is 12.5. The number of rotatable bonds is 10. The normalized spacial score (nSPS) is 15.9. The highest BCUT2D eigenvalue weighted by atomic mass is 16.4. The highest BCUT2D eigenvalue weighted by Gasteiger charge is 2.24. The summed E-state index contributed by atoms with van der Waals surface area (Å²) in [5.74, 6) is 0.178. The number of unbranched alkanes of at least 4 members (excludes halogenated alkanes) is 2. The lowest BCUT2D eigenvalue weighted by atomic mass is 9.95. The van der Waals surface area contributed by atoms with Crippen molar-refractivity contribution in [1.29, 1.82) is 0 Å². The number of nitrogens with zero attached hydrogens (tertiary/aromatic N) is 4. The Morgan fingerprint density at radius 2 is 1.95 bits per heavy atom. The van der Waals surface area contributed by atoms with E-state index in [-0.39, 0.29) is 12.3 Å². The molecule has 3 heterocycles. The van der Waals surface area contributed by atoms with Crippen LogP contribution in [0.4, 0.5) is 11.5 Å². The summed E-state index contributed by atoms with van der Waals surface area (Å²) in [7, 11) is 0. The lowest BCUT2D eigenvalue weighted by Crippen LogP contribution is -2.33. The van der Waals surface area contributed by atoms with Crippen LogP contribution in [0.5, 0.6) is 0 Å². The van der Waals surface area contributed by atoms with Gasteiger partial charge in [-0.1, -0.05) is 39.3 Å². The second-order valence-corrected chi connectivity index (χ2v) is 10.9. The van der Waals surface area contributed by atoms with Gasteiger partial charge in [0.2, 0.25) is 5.91 Å². The lowest BCUT2D eigenvalue weighted by Gasteiger charge is -2.19. The second kappa shape index (κ2) is 11.3. The van der Waals surface area contributed by atoms with E-state index in [4.69, 9.17) is 15.2 Å². The molecule has 1 aliphatic rings. The predicted octanol–water partition coefficient (Wildman–Crippen LogP) is 4.50. The Labute approximate surface area is 218 Å². The molecule has 1 amide bonds. The molecule has 0 aliphatic carbocycles. The van der Waals surface area contributed by atoms with Gasteiger partial charge in [0.25, 0.3) is 0 Å². The van der Waals surface area contributed by atoms with Gasteiger partial charge >= 0.3 is 5.97 Å². The standard InChI is InChI=1S/C28H38N6O3/c1-19-9-10-20(16-22(19)31-27(37)28(2,3)4)23-18-34-24(30-23)11-12-25(32-34)33-15-13-21(17-33)29-14-7-5-6-8-26(35)36/h9-12,16,18,21,29H,5-8,13-15,17H2,1-4H3,(H,31,37)(H,35,36). The van der Waals surface area contributed by atoms with E-state index in [0.29, 0.717) is 6.04 Å². The zero-order valence-corrected chi connectivity index (χ0v) is 22.3. The molecule has 1 saturated heterocycles. The Hall–Kier alpha value is -3.46. The van der Waals surface area contributed by atoms with E-state index in [1.54, 1.807) is 0 Å². The predicted molar refractivity (Wildman–Crippen MR) is 146 cm³/mol. The molecule has 1 atom stereocenters. The number of carbonyl (C=O) groups is 2. The summed E-state index contributed by atoms with van der Waals surface area (Å²) in [4.78, 5) is 30.2. The zero-order chi connectivity index (χ0) is 26.6. The minimum absolute atomic E-state index is 0.0225. The quantitative estimate of drug-likeness (QED) is 0.347. The van der Waals surface area contributed by atoms with Crippen LogP contribution < -0.4 is 15.5 Å². The van der Waals surface area contributed by atoms with Crippen LogP contribution in [0.15, 0.2) is 36.5 Å². The third kappa shape index (κ3) is 6.85. The van der Waals surface area contributed by atoms with E-state index in [1.165, 1.54) is 0 Å². The first-order valence-corrected chi connectivity index (χ1v) is 13.1. The molecule has 1 fully saturated rings. The number of nitrogens with one attached hydrogen (secondary N) is 2. The van der Waals surface area contributed by atoms with Gasteiger partial charge < -0.3 is 20.6 Å². The molecule has 9 heteroatoms. The fourth-order valence-electron chi connectivity index (χ4n) is 4.42. The Bertz CT molecular complexity index is 1260. The molecule has 9 nitrogen and oxygen atoms in total. The number of aryl methyl sites for hydroxylation is 1. The van der Waals surface area contributed by atoms with E-state index in [2.05, 4.69) is 15.5 Å². The summed E-state index contributed by atoms with van der Waals surface area (Å²) in [6.45, 7) is 10.4. The molecule has 4 rings (SSSR count). The van der Waals surface area contributed by atoms with Gasteiger partial charge in [0.05, 0.1) is 11.9 Å². The smallest absolute Gasteiger partial charge is 0.303 e. The van der Waals surface area contributed by atoms with Crippen LogP contribution in [0.2, 0.25) is 0 Å². The Morgan fingerprint density at radius 3 is 2.70 bits per heavy atom.